The molecule has 20 heavy (non-hydrogen) atoms. The molecule has 1 amide bonds. The fraction of sp³-hybridized carbons (Fsp3) is 0.562. The minimum absolute atomic E-state index is 0.0384. The van der Waals surface area contributed by atoms with Crippen LogP contribution in [0.4, 0.5) is 0 Å². The lowest BCUT2D eigenvalue weighted by molar-refractivity contribution is -0.135. The number of carbonyl (C=O) groups excluding carboxylic acids is 1. The summed E-state index contributed by atoms with van der Waals surface area (Å²) in [6.07, 6.45) is 1.69. The van der Waals surface area contributed by atoms with Gasteiger partial charge in [-0.1, -0.05) is 26.0 Å². The molecular formula is C16H24N2O2. The third-order valence-electron chi connectivity index (χ3n) is 3.89. The van der Waals surface area contributed by atoms with Crippen molar-refractivity contribution in [1.29, 1.82) is 0 Å². The van der Waals surface area contributed by atoms with E-state index >= 15 is 0 Å². The molecule has 1 aromatic rings. The number of carbonyl (C=O) groups is 1. The summed E-state index contributed by atoms with van der Waals surface area (Å²) in [5.41, 5.74) is 7.03. The van der Waals surface area contributed by atoms with Crippen molar-refractivity contribution >= 4 is 5.91 Å². The van der Waals surface area contributed by atoms with Crippen LogP contribution in [-0.4, -0.2) is 35.0 Å². The van der Waals surface area contributed by atoms with Gasteiger partial charge in [0.1, 0.15) is 5.75 Å². The molecule has 1 aliphatic heterocycles. The molecule has 110 valence electrons. The van der Waals surface area contributed by atoms with Crippen LogP contribution in [0.15, 0.2) is 24.3 Å². The third kappa shape index (κ3) is 3.73. The molecular weight excluding hydrogens is 252 g/mol. The number of phenols is 1. The van der Waals surface area contributed by atoms with Crippen LogP contribution in [-0.2, 0) is 11.2 Å². The van der Waals surface area contributed by atoms with Crippen molar-refractivity contribution < 1.29 is 9.90 Å². The number of piperidine rings is 1. The molecule has 0 radical (unpaired) electrons. The molecule has 0 spiro atoms. The number of rotatable bonds is 3. The van der Waals surface area contributed by atoms with E-state index in [4.69, 9.17) is 5.73 Å². The fourth-order valence-corrected chi connectivity index (χ4v) is 3.05. The predicted molar refractivity (Wildman–Crippen MR) is 79.3 cm³/mol. The van der Waals surface area contributed by atoms with E-state index in [1.807, 2.05) is 17.0 Å². The number of hydrogen-bond donors (Lipinski definition) is 2. The summed E-state index contributed by atoms with van der Waals surface area (Å²) in [6, 6.07) is 6.36. The molecule has 1 heterocycles. The van der Waals surface area contributed by atoms with E-state index in [2.05, 4.69) is 13.8 Å². The summed E-state index contributed by atoms with van der Waals surface area (Å²) < 4.78 is 0. The maximum atomic E-state index is 12.4. The maximum absolute atomic E-state index is 12.4. The van der Waals surface area contributed by atoms with Crippen LogP contribution in [0.1, 0.15) is 25.8 Å². The largest absolute Gasteiger partial charge is 0.508 e. The lowest BCUT2D eigenvalue weighted by Crippen LogP contribution is -2.50. The van der Waals surface area contributed by atoms with E-state index in [9.17, 15) is 9.90 Å². The maximum Gasteiger partial charge on any atom is 0.239 e. The highest BCUT2D eigenvalue weighted by atomic mass is 16.3. The van der Waals surface area contributed by atoms with Gasteiger partial charge in [-0.3, -0.25) is 4.79 Å². The molecule has 0 bridgehead atoms. The quantitative estimate of drug-likeness (QED) is 0.884. The van der Waals surface area contributed by atoms with E-state index in [0.29, 0.717) is 18.3 Å². The molecule has 3 N–H and O–H groups in total. The van der Waals surface area contributed by atoms with Gasteiger partial charge in [0, 0.05) is 13.1 Å². The van der Waals surface area contributed by atoms with Crippen molar-refractivity contribution in [1.82, 2.24) is 4.90 Å². The smallest absolute Gasteiger partial charge is 0.239 e. The minimum Gasteiger partial charge on any atom is -0.508 e. The average molecular weight is 276 g/mol. The molecule has 3 atom stereocenters. The standard InChI is InChI=1S/C16H24N2O2/c1-11-7-12(2)10-18(9-11)16(20)15(17)8-13-3-5-14(19)6-4-13/h3-6,11-12,15,19H,7-10,17H2,1-2H3/t11?,12?,15-/m0/s1. The molecule has 1 fully saturated rings. The van der Waals surface area contributed by atoms with Crippen LogP contribution < -0.4 is 5.73 Å². The lowest BCUT2D eigenvalue weighted by atomic mass is 9.91. The van der Waals surface area contributed by atoms with Gasteiger partial charge < -0.3 is 15.7 Å². The zero-order valence-corrected chi connectivity index (χ0v) is 12.2. The highest BCUT2D eigenvalue weighted by molar-refractivity contribution is 5.82. The molecule has 0 aliphatic carbocycles. The Hall–Kier alpha value is -1.55. The van der Waals surface area contributed by atoms with Crippen LogP contribution in [0.5, 0.6) is 5.75 Å². The van der Waals surface area contributed by atoms with Crippen LogP contribution >= 0.6 is 0 Å². The number of likely N-dealkylation sites (tertiary alicyclic amines) is 1. The zero-order chi connectivity index (χ0) is 14.7. The normalized spacial score (nSPS) is 24.4. The number of hydrogen-bond acceptors (Lipinski definition) is 3. The summed E-state index contributed by atoms with van der Waals surface area (Å²) >= 11 is 0. The van der Waals surface area contributed by atoms with Gasteiger partial charge in [0.25, 0.3) is 0 Å². The monoisotopic (exact) mass is 276 g/mol. The first kappa shape index (κ1) is 14.9. The molecule has 2 unspecified atom stereocenters. The second kappa shape index (κ2) is 6.27. The summed E-state index contributed by atoms with van der Waals surface area (Å²) in [4.78, 5) is 14.3. The number of nitrogens with two attached hydrogens (primary N) is 1. The molecule has 1 aliphatic rings. The molecule has 2 rings (SSSR count). The van der Waals surface area contributed by atoms with Crippen LogP contribution in [0.3, 0.4) is 0 Å². The number of amides is 1. The van der Waals surface area contributed by atoms with Crippen molar-refractivity contribution in [3.05, 3.63) is 29.8 Å². The van der Waals surface area contributed by atoms with Crippen molar-refractivity contribution in [2.24, 2.45) is 17.6 Å². The molecule has 0 saturated carbocycles. The van der Waals surface area contributed by atoms with Crippen LogP contribution in [0.2, 0.25) is 0 Å². The minimum atomic E-state index is -0.503. The zero-order valence-electron chi connectivity index (χ0n) is 12.2. The topological polar surface area (TPSA) is 66.6 Å². The summed E-state index contributed by atoms with van der Waals surface area (Å²) in [7, 11) is 0. The first-order valence-corrected chi connectivity index (χ1v) is 7.28. The number of phenolic OH excluding ortho intramolecular Hbond substituents is 1. The average Bonchev–Trinajstić information content (AvgIpc) is 2.39. The van der Waals surface area contributed by atoms with E-state index in [0.717, 1.165) is 18.7 Å². The van der Waals surface area contributed by atoms with Crippen LogP contribution in [0.25, 0.3) is 0 Å². The molecule has 0 aromatic heterocycles. The van der Waals surface area contributed by atoms with E-state index < -0.39 is 6.04 Å². The van der Waals surface area contributed by atoms with Gasteiger partial charge >= 0.3 is 0 Å². The Balaban J connectivity index is 1.96. The Morgan fingerprint density at radius 1 is 1.30 bits per heavy atom. The molecule has 1 aromatic carbocycles. The summed E-state index contributed by atoms with van der Waals surface area (Å²) in [5.74, 6) is 1.36. The van der Waals surface area contributed by atoms with Crippen molar-refractivity contribution in [3.8, 4) is 5.75 Å². The SMILES string of the molecule is CC1CC(C)CN(C(=O)[C@@H](N)Cc2ccc(O)cc2)C1. The van der Waals surface area contributed by atoms with E-state index in [1.165, 1.54) is 6.42 Å². The van der Waals surface area contributed by atoms with Gasteiger partial charge in [-0.2, -0.15) is 0 Å². The highest BCUT2D eigenvalue weighted by Crippen LogP contribution is 2.21. The summed E-state index contributed by atoms with van der Waals surface area (Å²) in [6.45, 7) is 5.99. The highest BCUT2D eigenvalue weighted by Gasteiger charge is 2.28. The Bertz CT molecular complexity index is 448. The van der Waals surface area contributed by atoms with Gasteiger partial charge in [0.2, 0.25) is 5.91 Å². The van der Waals surface area contributed by atoms with Crippen molar-refractivity contribution in [2.45, 2.75) is 32.7 Å². The van der Waals surface area contributed by atoms with E-state index in [1.54, 1.807) is 12.1 Å². The first-order valence-electron chi connectivity index (χ1n) is 7.28. The second-order valence-electron chi connectivity index (χ2n) is 6.17. The fourth-order valence-electron chi connectivity index (χ4n) is 3.05. The van der Waals surface area contributed by atoms with Gasteiger partial charge in [-0.25, -0.2) is 0 Å². The second-order valence-corrected chi connectivity index (χ2v) is 6.17. The van der Waals surface area contributed by atoms with Gasteiger partial charge in [0.15, 0.2) is 0 Å². The number of benzene rings is 1. The Morgan fingerprint density at radius 2 is 1.85 bits per heavy atom. The Morgan fingerprint density at radius 3 is 2.40 bits per heavy atom. The first-order chi connectivity index (χ1) is 9.45. The number of aromatic hydroxyl groups is 1. The molecule has 1 saturated heterocycles. The van der Waals surface area contributed by atoms with Gasteiger partial charge in [-0.05, 0) is 42.4 Å². The Kier molecular flexibility index (Phi) is 4.65. The molecule has 4 nitrogen and oxygen atoms in total. The predicted octanol–water partition coefficient (Wildman–Crippen LogP) is 1.77. The Labute approximate surface area is 120 Å². The molecule has 4 heteroatoms. The third-order valence-corrected chi connectivity index (χ3v) is 3.89. The van der Waals surface area contributed by atoms with Gasteiger partial charge in [0.05, 0.1) is 6.04 Å². The van der Waals surface area contributed by atoms with Crippen LogP contribution in [0, 0.1) is 11.8 Å². The summed E-state index contributed by atoms with van der Waals surface area (Å²) in [5, 5.41) is 9.26. The number of nitrogens with zero attached hydrogens (tertiary/aromatic N) is 1. The van der Waals surface area contributed by atoms with Crippen molar-refractivity contribution in [3.63, 3.8) is 0 Å². The van der Waals surface area contributed by atoms with E-state index in [-0.39, 0.29) is 11.7 Å². The van der Waals surface area contributed by atoms with Crippen molar-refractivity contribution in [2.75, 3.05) is 13.1 Å². The lowest BCUT2D eigenvalue weighted by Gasteiger charge is -2.36. The van der Waals surface area contributed by atoms with Gasteiger partial charge in [-0.15, -0.1) is 0 Å².